The van der Waals surface area contributed by atoms with E-state index in [1.54, 1.807) is 30.3 Å². The molecule has 0 fully saturated rings. The summed E-state index contributed by atoms with van der Waals surface area (Å²) in [6, 6.07) is 16.3. The van der Waals surface area contributed by atoms with Crippen molar-refractivity contribution in [2.24, 2.45) is 10.2 Å². The van der Waals surface area contributed by atoms with E-state index in [-0.39, 0.29) is 28.3 Å². The van der Waals surface area contributed by atoms with E-state index in [1.807, 2.05) is 37.1 Å². The van der Waals surface area contributed by atoms with Crippen LogP contribution >= 0.6 is 23.2 Å². The molecule has 0 atom stereocenters. The van der Waals surface area contributed by atoms with Crippen molar-refractivity contribution in [2.75, 3.05) is 25.1 Å². The molecule has 3 aromatic rings. The number of rotatable bonds is 8. The standard InChI is InChI=1S/C23H20Cl2FN3O4S/c1-15-12-17(29(2)10-11-33-23(30)16-6-4-3-5-7-16)8-9-20(15)27-28-21-13-19(25)22(14-18(21)24)34(26,31)32/h3-9,12-14H,10-11H2,1-2H3. The molecule has 0 radical (unpaired) electrons. The minimum absolute atomic E-state index is 0.0971. The van der Waals surface area contributed by atoms with Gasteiger partial charge in [-0.05, 0) is 55.0 Å². The fraction of sp³-hybridized carbons (Fsp3) is 0.174. The van der Waals surface area contributed by atoms with Crippen LogP contribution in [-0.4, -0.2) is 34.6 Å². The maximum absolute atomic E-state index is 13.2. The summed E-state index contributed by atoms with van der Waals surface area (Å²) >= 11 is 11.8. The number of esters is 1. The van der Waals surface area contributed by atoms with Gasteiger partial charge in [-0.1, -0.05) is 41.4 Å². The molecule has 11 heteroatoms. The van der Waals surface area contributed by atoms with E-state index in [9.17, 15) is 17.1 Å². The Morgan fingerprint density at radius 2 is 1.68 bits per heavy atom. The Kier molecular flexibility index (Phi) is 8.24. The summed E-state index contributed by atoms with van der Waals surface area (Å²) < 4.78 is 40.8. The second kappa shape index (κ2) is 10.9. The summed E-state index contributed by atoms with van der Waals surface area (Å²) in [4.78, 5) is 13.2. The molecule has 34 heavy (non-hydrogen) atoms. The molecule has 0 heterocycles. The van der Waals surface area contributed by atoms with Crippen LogP contribution in [0.25, 0.3) is 0 Å². The summed E-state index contributed by atoms with van der Waals surface area (Å²) in [5.41, 5.74) is 2.82. The third kappa shape index (κ3) is 6.53. The van der Waals surface area contributed by atoms with E-state index in [1.165, 1.54) is 0 Å². The van der Waals surface area contributed by atoms with Crippen LogP contribution in [0.4, 0.5) is 20.9 Å². The van der Waals surface area contributed by atoms with Crippen LogP contribution < -0.4 is 4.90 Å². The Hall–Kier alpha value is -3.01. The average molecular weight is 524 g/mol. The van der Waals surface area contributed by atoms with E-state index in [0.717, 1.165) is 23.4 Å². The molecule has 0 aromatic heterocycles. The predicted octanol–water partition coefficient (Wildman–Crippen LogP) is 6.67. The number of carbonyl (C=O) groups excluding carboxylic acids is 1. The van der Waals surface area contributed by atoms with Crippen LogP contribution in [0.3, 0.4) is 0 Å². The third-order valence-corrected chi connectivity index (χ3v) is 6.41. The van der Waals surface area contributed by atoms with Crippen LogP contribution in [0.15, 0.2) is 75.8 Å². The van der Waals surface area contributed by atoms with Crippen molar-refractivity contribution < 1.29 is 21.8 Å². The number of ether oxygens (including phenoxy) is 1. The van der Waals surface area contributed by atoms with Gasteiger partial charge in [0.15, 0.2) is 0 Å². The minimum atomic E-state index is -5.01. The maximum Gasteiger partial charge on any atom is 0.338 e. The van der Waals surface area contributed by atoms with E-state index in [4.69, 9.17) is 27.9 Å². The lowest BCUT2D eigenvalue weighted by atomic mass is 10.1. The number of aryl methyl sites for hydroxylation is 1. The molecular formula is C23H20Cl2FN3O4S. The van der Waals surface area contributed by atoms with Crippen molar-refractivity contribution >= 4 is 56.5 Å². The van der Waals surface area contributed by atoms with E-state index < -0.39 is 15.1 Å². The number of nitrogens with zero attached hydrogens (tertiary/aromatic N) is 3. The van der Waals surface area contributed by atoms with Crippen LogP contribution in [0.1, 0.15) is 15.9 Å². The highest BCUT2D eigenvalue weighted by Gasteiger charge is 2.19. The first-order valence-electron chi connectivity index (χ1n) is 9.95. The van der Waals surface area contributed by atoms with Gasteiger partial charge in [0.25, 0.3) is 0 Å². The van der Waals surface area contributed by atoms with Crippen molar-refractivity contribution in [1.29, 1.82) is 0 Å². The number of benzene rings is 3. The summed E-state index contributed by atoms with van der Waals surface area (Å²) in [6.07, 6.45) is 0. The molecule has 0 spiro atoms. The van der Waals surface area contributed by atoms with Crippen molar-refractivity contribution in [3.63, 3.8) is 0 Å². The molecule has 0 bridgehead atoms. The zero-order chi connectivity index (χ0) is 24.9. The predicted molar refractivity (Wildman–Crippen MR) is 130 cm³/mol. The zero-order valence-corrected chi connectivity index (χ0v) is 20.5. The van der Waals surface area contributed by atoms with Crippen LogP contribution in [0, 0.1) is 6.92 Å². The van der Waals surface area contributed by atoms with Gasteiger partial charge >= 0.3 is 16.2 Å². The van der Waals surface area contributed by atoms with Crippen molar-refractivity contribution in [3.8, 4) is 0 Å². The topological polar surface area (TPSA) is 88.4 Å². The molecule has 0 N–H and O–H groups in total. The second-order valence-corrected chi connectivity index (χ2v) is 9.40. The van der Waals surface area contributed by atoms with Gasteiger partial charge in [-0.2, -0.15) is 13.5 Å². The summed E-state index contributed by atoms with van der Waals surface area (Å²) in [7, 11) is -3.14. The van der Waals surface area contributed by atoms with Gasteiger partial charge in [0.1, 0.15) is 17.2 Å². The minimum Gasteiger partial charge on any atom is -0.460 e. The SMILES string of the molecule is Cc1cc(N(C)CCOC(=O)c2ccccc2)ccc1N=Nc1cc(Cl)c(S(=O)(=O)F)cc1Cl. The first-order chi connectivity index (χ1) is 16.1. The second-order valence-electron chi connectivity index (χ2n) is 7.27. The molecule has 0 aliphatic rings. The van der Waals surface area contributed by atoms with E-state index >= 15 is 0 Å². The van der Waals surface area contributed by atoms with Crippen LogP contribution in [-0.2, 0) is 15.0 Å². The smallest absolute Gasteiger partial charge is 0.338 e. The van der Waals surface area contributed by atoms with Gasteiger partial charge in [0.2, 0.25) is 0 Å². The number of hydrogen-bond acceptors (Lipinski definition) is 7. The monoisotopic (exact) mass is 523 g/mol. The number of azo groups is 1. The lowest BCUT2D eigenvalue weighted by Gasteiger charge is -2.20. The number of anilines is 1. The van der Waals surface area contributed by atoms with E-state index in [2.05, 4.69) is 10.2 Å². The molecule has 178 valence electrons. The average Bonchev–Trinajstić information content (AvgIpc) is 2.79. The Balaban J connectivity index is 1.65. The molecular weight excluding hydrogens is 504 g/mol. The van der Waals surface area contributed by atoms with Crippen molar-refractivity contribution in [3.05, 3.63) is 81.8 Å². The molecule has 0 aliphatic carbocycles. The highest BCUT2D eigenvalue weighted by Crippen LogP contribution is 2.36. The molecule has 0 saturated carbocycles. The number of halogens is 3. The van der Waals surface area contributed by atoms with Gasteiger partial charge in [-0.3, -0.25) is 0 Å². The fourth-order valence-electron chi connectivity index (χ4n) is 2.94. The first-order valence-corrected chi connectivity index (χ1v) is 12.1. The fourth-order valence-corrected chi connectivity index (χ4v) is 4.19. The van der Waals surface area contributed by atoms with Crippen LogP contribution in [0.2, 0.25) is 10.0 Å². The molecule has 0 amide bonds. The number of likely N-dealkylation sites (N-methyl/N-ethyl adjacent to an activating group) is 1. The Bertz CT molecular complexity index is 1340. The zero-order valence-electron chi connectivity index (χ0n) is 18.2. The number of carbonyl (C=O) groups is 1. The highest BCUT2D eigenvalue weighted by molar-refractivity contribution is 7.86. The van der Waals surface area contributed by atoms with Gasteiger partial charge in [-0.25, -0.2) is 4.79 Å². The van der Waals surface area contributed by atoms with Crippen molar-refractivity contribution in [1.82, 2.24) is 0 Å². The molecule has 0 unspecified atom stereocenters. The first kappa shape index (κ1) is 25.6. The maximum atomic E-state index is 13.2. The Labute approximate surface area is 207 Å². The Morgan fingerprint density at radius 1 is 1.00 bits per heavy atom. The third-order valence-electron chi connectivity index (χ3n) is 4.82. The molecule has 0 saturated heterocycles. The lowest BCUT2D eigenvalue weighted by molar-refractivity contribution is 0.0516. The Morgan fingerprint density at radius 3 is 2.32 bits per heavy atom. The largest absolute Gasteiger partial charge is 0.460 e. The van der Waals surface area contributed by atoms with E-state index in [0.29, 0.717) is 17.8 Å². The van der Waals surface area contributed by atoms with Gasteiger partial charge < -0.3 is 9.64 Å². The van der Waals surface area contributed by atoms with Gasteiger partial charge in [0.05, 0.1) is 27.8 Å². The summed E-state index contributed by atoms with van der Waals surface area (Å²) in [6.45, 7) is 2.54. The molecule has 3 aromatic carbocycles. The lowest BCUT2D eigenvalue weighted by Crippen LogP contribution is -2.24. The number of hydrogen-bond donors (Lipinski definition) is 0. The molecule has 7 nitrogen and oxygen atoms in total. The van der Waals surface area contributed by atoms with Crippen molar-refractivity contribution in [2.45, 2.75) is 11.8 Å². The van der Waals surface area contributed by atoms with Crippen LogP contribution in [0.5, 0.6) is 0 Å². The normalized spacial score (nSPS) is 11.6. The highest BCUT2D eigenvalue weighted by atomic mass is 35.5. The van der Waals surface area contributed by atoms with Gasteiger partial charge in [-0.15, -0.1) is 9.00 Å². The summed E-state index contributed by atoms with van der Waals surface area (Å²) in [5.74, 6) is -0.378. The van der Waals surface area contributed by atoms with Gasteiger partial charge in [0, 0.05) is 12.7 Å². The molecule has 3 rings (SSSR count). The quantitative estimate of drug-likeness (QED) is 0.187. The molecule has 0 aliphatic heterocycles. The summed E-state index contributed by atoms with van der Waals surface area (Å²) in [5, 5.41) is 7.70.